The Morgan fingerprint density at radius 2 is 2.25 bits per heavy atom. The van der Waals surface area contributed by atoms with Gasteiger partial charge in [-0.1, -0.05) is 23.7 Å². The molecule has 0 unspecified atom stereocenters. The first kappa shape index (κ1) is 10.7. The summed E-state index contributed by atoms with van der Waals surface area (Å²) in [7, 11) is 1.69. The summed E-state index contributed by atoms with van der Waals surface area (Å²) in [5.74, 6) is 0.141. The number of aromatic nitrogens is 2. The van der Waals surface area contributed by atoms with E-state index in [9.17, 15) is 9.90 Å². The second-order valence-corrected chi connectivity index (χ2v) is 3.72. The van der Waals surface area contributed by atoms with Gasteiger partial charge in [-0.25, -0.2) is 0 Å². The number of phenols is 1. The van der Waals surface area contributed by atoms with Crippen LogP contribution in [0.4, 0.5) is 0 Å². The van der Waals surface area contributed by atoms with Gasteiger partial charge >= 0.3 is 0 Å². The van der Waals surface area contributed by atoms with Gasteiger partial charge in [0.1, 0.15) is 11.4 Å². The number of halogens is 1. The minimum Gasteiger partial charge on any atom is -0.508 e. The van der Waals surface area contributed by atoms with E-state index in [4.69, 9.17) is 11.6 Å². The molecule has 0 aliphatic carbocycles. The van der Waals surface area contributed by atoms with Gasteiger partial charge in [0.2, 0.25) is 0 Å². The first-order valence-corrected chi connectivity index (χ1v) is 4.98. The van der Waals surface area contributed by atoms with Gasteiger partial charge in [0, 0.05) is 12.6 Å². The molecular weight excluding hydrogens is 228 g/mol. The van der Waals surface area contributed by atoms with Gasteiger partial charge in [0.25, 0.3) is 0 Å². The minimum atomic E-state index is 0.141. The summed E-state index contributed by atoms with van der Waals surface area (Å²) < 4.78 is 1.51. The minimum absolute atomic E-state index is 0.141. The summed E-state index contributed by atoms with van der Waals surface area (Å²) in [6, 6.07) is 6.62. The molecule has 4 nitrogen and oxygen atoms in total. The van der Waals surface area contributed by atoms with Crippen molar-refractivity contribution < 1.29 is 9.90 Å². The van der Waals surface area contributed by atoms with E-state index < -0.39 is 0 Å². The number of carbonyl (C=O) groups excluding carboxylic acids is 1. The van der Waals surface area contributed by atoms with E-state index in [1.54, 1.807) is 31.3 Å². The van der Waals surface area contributed by atoms with E-state index in [2.05, 4.69) is 5.10 Å². The number of aldehydes is 1. The van der Waals surface area contributed by atoms with Gasteiger partial charge in [-0.3, -0.25) is 9.48 Å². The Balaban J connectivity index is 2.64. The zero-order valence-corrected chi connectivity index (χ0v) is 9.27. The molecule has 82 valence electrons. The Morgan fingerprint density at radius 1 is 1.50 bits per heavy atom. The fourth-order valence-corrected chi connectivity index (χ4v) is 1.87. The Bertz CT molecular complexity index is 549. The molecule has 2 rings (SSSR count). The van der Waals surface area contributed by atoms with Crippen molar-refractivity contribution >= 4 is 17.9 Å². The van der Waals surface area contributed by atoms with Crippen molar-refractivity contribution in [1.29, 1.82) is 0 Å². The highest BCUT2D eigenvalue weighted by atomic mass is 35.5. The Labute approximate surface area is 97.1 Å². The van der Waals surface area contributed by atoms with Crippen molar-refractivity contribution in [2.45, 2.75) is 0 Å². The summed E-state index contributed by atoms with van der Waals surface area (Å²) in [5.41, 5.74) is 1.52. The van der Waals surface area contributed by atoms with Crippen molar-refractivity contribution in [1.82, 2.24) is 9.78 Å². The zero-order chi connectivity index (χ0) is 11.7. The monoisotopic (exact) mass is 236 g/mol. The van der Waals surface area contributed by atoms with Crippen LogP contribution >= 0.6 is 11.6 Å². The smallest absolute Gasteiger partial charge is 0.171 e. The molecule has 0 fully saturated rings. The quantitative estimate of drug-likeness (QED) is 0.814. The van der Waals surface area contributed by atoms with Crippen LogP contribution < -0.4 is 0 Å². The van der Waals surface area contributed by atoms with Gasteiger partial charge in [0.15, 0.2) is 6.29 Å². The van der Waals surface area contributed by atoms with Crippen molar-refractivity contribution in [3.8, 4) is 17.0 Å². The van der Waals surface area contributed by atoms with E-state index in [1.807, 2.05) is 0 Å². The van der Waals surface area contributed by atoms with Crippen LogP contribution in [0.3, 0.4) is 0 Å². The second-order valence-electron chi connectivity index (χ2n) is 3.34. The molecule has 0 aliphatic rings. The largest absolute Gasteiger partial charge is 0.508 e. The molecule has 0 atom stereocenters. The first-order valence-electron chi connectivity index (χ1n) is 4.60. The molecule has 1 heterocycles. The Kier molecular flexibility index (Phi) is 2.66. The molecule has 0 saturated carbocycles. The zero-order valence-electron chi connectivity index (χ0n) is 8.51. The van der Waals surface area contributed by atoms with Crippen LogP contribution in [0.1, 0.15) is 10.5 Å². The summed E-state index contributed by atoms with van der Waals surface area (Å²) in [4.78, 5) is 10.7. The van der Waals surface area contributed by atoms with E-state index in [1.165, 1.54) is 4.68 Å². The lowest BCUT2D eigenvalue weighted by Crippen LogP contribution is -1.94. The highest BCUT2D eigenvalue weighted by Crippen LogP contribution is 2.31. The third-order valence-corrected chi connectivity index (χ3v) is 2.62. The van der Waals surface area contributed by atoms with E-state index in [0.717, 1.165) is 0 Å². The standard InChI is InChI=1S/C11H9ClN2O2/c1-14-11(10(12)9(6-15)13-14)7-3-2-4-8(16)5-7/h2-6,16H,1H3. The Hall–Kier alpha value is -1.81. The highest BCUT2D eigenvalue weighted by molar-refractivity contribution is 6.35. The molecule has 0 radical (unpaired) electrons. The summed E-state index contributed by atoms with van der Waals surface area (Å²) >= 11 is 6.02. The summed E-state index contributed by atoms with van der Waals surface area (Å²) in [6.45, 7) is 0. The van der Waals surface area contributed by atoms with Crippen LogP contribution in [0.2, 0.25) is 5.02 Å². The second kappa shape index (κ2) is 3.98. The van der Waals surface area contributed by atoms with Gasteiger partial charge < -0.3 is 5.11 Å². The van der Waals surface area contributed by atoms with E-state index in [0.29, 0.717) is 22.6 Å². The number of rotatable bonds is 2. The number of hydrogen-bond acceptors (Lipinski definition) is 3. The number of phenolic OH excluding ortho intramolecular Hbond substituents is 1. The van der Waals surface area contributed by atoms with Crippen molar-refractivity contribution in [2.75, 3.05) is 0 Å². The first-order chi connectivity index (χ1) is 7.63. The normalized spacial score (nSPS) is 10.4. The number of nitrogens with zero attached hydrogens (tertiary/aromatic N) is 2. The molecule has 0 bridgehead atoms. The molecular formula is C11H9ClN2O2. The summed E-state index contributed by atoms with van der Waals surface area (Å²) in [5, 5.41) is 13.6. The third kappa shape index (κ3) is 1.67. The van der Waals surface area contributed by atoms with Gasteiger partial charge in [-0.2, -0.15) is 5.10 Å². The van der Waals surface area contributed by atoms with Crippen LogP contribution in [0.5, 0.6) is 5.75 Å². The number of aromatic hydroxyl groups is 1. The Morgan fingerprint density at radius 3 is 2.81 bits per heavy atom. The summed E-state index contributed by atoms with van der Waals surface area (Å²) in [6.07, 6.45) is 0.606. The topological polar surface area (TPSA) is 55.1 Å². The highest BCUT2D eigenvalue weighted by Gasteiger charge is 2.15. The predicted molar refractivity (Wildman–Crippen MR) is 60.7 cm³/mol. The number of benzene rings is 1. The molecule has 5 heteroatoms. The molecule has 0 aliphatic heterocycles. The SMILES string of the molecule is Cn1nc(C=O)c(Cl)c1-c1cccc(O)c1. The predicted octanol–water partition coefficient (Wildman–Crippen LogP) is 2.26. The number of aryl methyl sites for hydroxylation is 1. The average Bonchev–Trinajstić information content (AvgIpc) is 2.53. The van der Waals surface area contributed by atoms with Crippen molar-refractivity contribution in [3.05, 3.63) is 35.0 Å². The number of carbonyl (C=O) groups is 1. The van der Waals surface area contributed by atoms with Crippen molar-refractivity contribution in [3.63, 3.8) is 0 Å². The number of hydrogen-bond donors (Lipinski definition) is 1. The van der Waals surface area contributed by atoms with Crippen LogP contribution in [0.15, 0.2) is 24.3 Å². The molecule has 0 saturated heterocycles. The molecule has 16 heavy (non-hydrogen) atoms. The lowest BCUT2D eigenvalue weighted by Gasteiger charge is -2.03. The van der Waals surface area contributed by atoms with Gasteiger partial charge in [0.05, 0.1) is 10.7 Å². The van der Waals surface area contributed by atoms with E-state index in [-0.39, 0.29) is 11.4 Å². The molecule has 2 aromatic rings. The molecule has 1 N–H and O–H groups in total. The van der Waals surface area contributed by atoms with Crippen LogP contribution in [-0.4, -0.2) is 21.2 Å². The molecule has 0 spiro atoms. The maximum atomic E-state index is 10.7. The third-order valence-electron chi connectivity index (χ3n) is 2.25. The van der Waals surface area contributed by atoms with E-state index >= 15 is 0 Å². The van der Waals surface area contributed by atoms with Gasteiger partial charge in [-0.15, -0.1) is 0 Å². The molecule has 1 aromatic carbocycles. The van der Waals surface area contributed by atoms with Crippen LogP contribution in [-0.2, 0) is 7.05 Å². The lowest BCUT2D eigenvalue weighted by molar-refractivity contribution is 0.111. The van der Waals surface area contributed by atoms with Crippen LogP contribution in [0, 0.1) is 0 Å². The fraction of sp³-hybridized carbons (Fsp3) is 0.0909. The van der Waals surface area contributed by atoms with Crippen LogP contribution in [0.25, 0.3) is 11.3 Å². The fourth-order valence-electron chi connectivity index (χ4n) is 1.56. The molecule has 1 aromatic heterocycles. The van der Waals surface area contributed by atoms with Crippen molar-refractivity contribution in [2.24, 2.45) is 7.05 Å². The maximum absolute atomic E-state index is 10.7. The molecule has 0 amide bonds. The average molecular weight is 237 g/mol. The lowest BCUT2D eigenvalue weighted by atomic mass is 10.1. The van der Waals surface area contributed by atoms with Gasteiger partial charge in [-0.05, 0) is 12.1 Å². The maximum Gasteiger partial charge on any atom is 0.171 e.